The molecule has 222 valence electrons. The van der Waals surface area contributed by atoms with Crippen molar-refractivity contribution < 1.29 is 19.1 Å². The fourth-order valence-electron chi connectivity index (χ4n) is 4.98. The number of rotatable bonds is 9. The van der Waals surface area contributed by atoms with Crippen LogP contribution in [0.5, 0.6) is 11.5 Å². The second kappa shape index (κ2) is 12.9. The lowest BCUT2D eigenvalue weighted by atomic mass is 10.2. The third-order valence-corrected chi connectivity index (χ3v) is 10.5. The number of carbonyl (C=O) groups excluding carboxylic acids is 2. The summed E-state index contributed by atoms with van der Waals surface area (Å²) in [6.07, 6.45) is 0. The molecule has 0 radical (unpaired) electrons. The SMILES string of the molecule is COc1ccc2c(Cl)c(C(=O)N(CCN(C(=O)c3sc4cc(OC)ccc4c3Cl)c3ccccc3)c3ccccc3)sc2c1. The summed E-state index contributed by atoms with van der Waals surface area (Å²) in [5.41, 5.74) is 1.38. The lowest BCUT2D eigenvalue weighted by molar-refractivity contribution is 0.0972. The molecule has 0 spiro atoms. The summed E-state index contributed by atoms with van der Waals surface area (Å²) in [6.45, 7) is 0.404. The molecule has 0 bridgehead atoms. The van der Waals surface area contributed by atoms with E-state index in [9.17, 15) is 9.59 Å². The predicted octanol–water partition coefficient (Wildman–Crippen LogP) is 9.43. The summed E-state index contributed by atoms with van der Waals surface area (Å²) >= 11 is 16.2. The molecule has 2 heterocycles. The molecule has 4 aromatic carbocycles. The number of carbonyl (C=O) groups is 2. The van der Waals surface area contributed by atoms with Crippen molar-refractivity contribution in [2.45, 2.75) is 0 Å². The Morgan fingerprint density at radius 2 is 1.00 bits per heavy atom. The quantitative estimate of drug-likeness (QED) is 0.155. The maximum absolute atomic E-state index is 14.2. The number of hydrogen-bond acceptors (Lipinski definition) is 6. The number of halogens is 2. The third kappa shape index (κ3) is 5.74. The van der Waals surface area contributed by atoms with E-state index in [-0.39, 0.29) is 24.9 Å². The van der Waals surface area contributed by atoms with Crippen molar-refractivity contribution in [3.63, 3.8) is 0 Å². The molecule has 6 nitrogen and oxygen atoms in total. The molecule has 0 N–H and O–H groups in total. The fourth-order valence-corrected chi connectivity index (χ4v) is 7.96. The largest absolute Gasteiger partial charge is 0.497 e. The number of methoxy groups -OCH3 is 2. The van der Waals surface area contributed by atoms with Crippen molar-refractivity contribution in [1.82, 2.24) is 0 Å². The van der Waals surface area contributed by atoms with Crippen LogP contribution in [0, 0.1) is 0 Å². The number of fused-ring (bicyclic) bond motifs is 2. The van der Waals surface area contributed by atoms with E-state index in [1.165, 1.54) is 22.7 Å². The van der Waals surface area contributed by atoms with Gasteiger partial charge in [0.25, 0.3) is 11.8 Å². The van der Waals surface area contributed by atoms with E-state index >= 15 is 0 Å². The zero-order valence-electron chi connectivity index (χ0n) is 23.8. The van der Waals surface area contributed by atoms with Crippen LogP contribution in [-0.2, 0) is 0 Å². The van der Waals surface area contributed by atoms with Crippen LogP contribution in [0.25, 0.3) is 20.2 Å². The minimum Gasteiger partial charge on any atom is -0.497 e. The smallest absolute Gasteiger partial charge is 0.269 e. The van der Waals surface area contributed by atoms with Crippen LogP contribution in [0.4, 0.5) is 11.4 Å². The Morgan fingerprint density at radius 3 is 1.36 bits per heavy atom. The van der Waals surface area contributed by atoms with Gasteiger partial charge in [-0.2, -0.15) is 0 Å². The number of thiophene rings is 2. The summed E-state index contributed by atoms with van der Waals surface area (Å²) in [5, 5.41) is 2.35. The first-order valence-corrected chi connectivity index (χ1v) is 16.0. The van der Waals surface area contributed by atoms with Gasteiger partial charge in [-0.3, -0.25) is 9.59 Å². The Balaban J connectivity index is 1.37. The zero-order chi connectivity index (χ0) is 30.8. The van der Waals surface area contributed by atoms with Crippen molar-refractivity contribution in [1.29, 1.82) is 0 Å². The highest BCUT2D eigenvalue weighted by atomic mass is 35.5. The Morgan fingerprint density at radius 1 is 0.614 bits per heavy atom. The van der Waals surface area contributed by atoms with Gasteiger partial charge in [-0.15, -0.1) is 22.7 Å². The molecule has 0 fully saturated rings. The van der Waals surface area contributed by atoms with Gasteiger partial charge in [0.2, 0.25) is 0 Å². The number of amides is 2. The van der Waals surface area contributed by atoms with Gasteiger partial charge >= 0.3 is 0 Å². The summed E-state index contributed by atoms with van der Waals surface area (Å²) < 4.78 is 12.4. The molecule has 2 amide bonds. The van der Waals surface area contributed by atoms with Crippen molar-refractivity contribution in [3.8, 4) is 11.5 Å². The molecule has 0 aliphatic rings. The van der Waals surface area contributed by atoms with E-state index in [1.807, 2.05) is 97.1 Å². The maximum atomic E-state index is 14.2. The van der Waals surface area contributed by atoms with Crippen LogP contribution >= 0.6 is 45.9 Å². The summed E-state index contributed by atoms with van der Waals surface area (Å²) in [7, 11) is 3.20. The van der Waals surface area contributed by atoms with E-state index in [2.05, 4.69) is 0 Å². The van der Waals surface area contributed by atoms with Crippen molar-refractivity contribution in [3.05, 3.63) is 117 Å². The van der Waals surface area contributed by atoms with Gasteiger partial charge < -0.3 is 19.3 Å². The van der Waals surface area contributed by atoms with Crippen LogP contribution in [0.15, 0.2) is 97.1 Å². The van der Waals surface area contributed by atoms with Crippen molar-refractivity contribution in [2.75, 3.05) is 37.1 Å². The molecule has 0 aliphatic heterocycles. The molecule has 0 saturated heterocycles. The fraction of sp³-hybridized carbons (Fsp3) is 0.118. The van der Waals surface area contributed by atoms with Gasteiger partial charge in [0.15, 0.2) is 0 Å². The zero-order valence-corrected chi connectivity index (χ0v) is 26.9. The number of hydrogen-bond donors (Lipinski definition) is 0. The van der Waals surface area contributed by atoms with Gasteiger partial charge in [0.1, 0.15) is 21.3 Å². The van der Waals surface area contributed by atoms with Crippen LogP contribution in [0.1, 0.15) is 19.3 Å². The summed E-state index contributed by atoms with van der Waals surface area (Å²) in [5.74, 6) is 0.858. The van der Waals surface area contributed by atoms with Gasteiger partial charge in [0, 0.05) is 44.6 Å². The first-order chi connectivity index (χ1) is 21.4. The van der Waals surface area contributed by atoms with E-state index in [1.54, 1.807) is 24.0 Å². The molecular weight excluding hydrogens is 635 g/mol. The van der Waals surface area contributed by atoms with Crippen LogP contribution in [0.2, 0.25) is 10.0 Å². The second-order valence-electron chi connectivity index (χ2n) is 9.80. The Hall–Kier alpha value is -4.08. The second-order valence-corrected chi connectivity index (χ2v) is 12.7. The maximum Gasteiger partial charge on any atom is 0.269 e. The van der Waals surface area contributed by atoms with E-state index in [4.69, 9.17) is 32.7 Å². The summed E-state index contributed by atoms with van der Waals surface area (Å²) in [4.78, 5) is 32.5. The number of nitrogens with zero attached hydrogens (tertiary/aromatic N) is 2. The normalized spacial score (nSPS) is 11.1. The molecule has 2 aromatic heterocycles. The number of ether oxygens (including phenoxy) is 2. The minimum absolute atomic E-state index is 0.202. The molecule has 6 aromatic rings. The van der Waals surface area contributed by atoms with Gasteiger partial charge in [-0.25, -0.2) is 0 Å². The average molecular weight is 662 g/mol. The number of anilines is 2. The minimum atomic E-state index is -0.256. The first-order valence-electron chi connectivity index (χ1n) is 13.7. The number of para-hydroxylation sites is 2. The van der Waals surface area contributed by atoms with E-state index < -0.39 is 0 Å². The Bertz CT molecular complexity index is 1830. The van der Waals surface area contributed by atoms with E-state index in [0.29, 0.717) is 42.7 Å². The molecule has 6 rings (SSSR count). The first kappa shape index (κ1) is 30.0. The highest BCUT2D eigenvalue weighted by molar-refractivity contribution is 7.22. The highest BCUT2D eigenvalue weighted by Crippen LogP contribution is 2.40. The standard InChI is InChI=1S/C34H26Cl2N2O4S2/c1-41-23-13-15-25-27(19-23)43-31(29(25)35)33(39)37(21-9-5-3-6-10-21)17-18-38(22-11-7-4-8-12-22)34(40)32-30(36)26-16-14-24(42-2)20-28(26)44-32/h3-16,19-20H,17-18H2,1-2H3. The highest BCUT2D eigenvalue weighted by Gasteiger charge is 2.28. The van der Waals surface area contributed by atoms with Gasteiger partial charge in [0.05, 0.1) is 24.3 Å². The molecule has 0 saturated carbocycles. The van der Waals surface area contributed by atoms with E-state index in [0.717, 1.165) is 20.2 Å². The third-order valence-electron chi connectivity index (χ3n) is 7.23. The molecule has 0 aliphatic carbocycles. The molecule has 44 heavy (non-hydrogen) atoms. The van der Waals surface area contributed by atoms with Gasteiger partial charge in [-0.05, 0) is 60.7 Å². The monoisotopic (exact) mass is 660 g/mol. The molecule has 0 atom stereocenters. The topological polar surface area (TPSA) is 59.1 Å². The van der Waals surface area contributed by atoms with Crippen molar-refractivity contribution in [2.24, 2.45) is 0 Å². The summed E-state index contributed by atoms with van der Waals surface area (Å²) in [6, 6.07) is 29.9. The molecule has 0 unspecified atom stereocenters. The molecule has 10 heteroatoms. The van der Waals surface area contributed by atoms with Crippen LogP contribution < -0.4 is 19.3 Å². The Labute approximate surface area is 272 Å². The Kier molecular flexibility index (Phi) is 8.77. The van der Waals surface area contributed by atoms with Crippen LogP contribution in [-0.4, -0.2) is 39.1 Å². The number of benzene rings is 4. The molecular formula is C34H26Cl2N2O4S2. The average Bonchev–Trinajstić information content (AvgIpc) is 3.58. The predicted molar refractivity (Wildman–Crippen MR) is 183 cm³/mol. The van der Waals surface area contributed by atoms with Crippen LogP contribution in [0.3, 0.4) is 0 Å². The van der Waals surface area contributed by atoms with Gasteiger partial charge in [-0.1, -0.05) is 59.6 Å². The van der Waals surface area contributed by atoms with Crippen molar-refractivity contribution >= 4 is 89.2 Å². The lowest BCUT2D eigenvalue weighted by Gasteiger charge is -2.28. The lowest BCUT2D eigenvalue weighted by Crippen LogP contribution is -2.41.